The predicted molar refractivity (Wildman–Crippen MR) is 96.1 cm³/mol. The van der Waals surface area contributed by atoms with Gasteiger partial charge in [0.1, 0.15) is 0 Å². The molecule has 0 saturated heterocycles. The van der Waals surface area contributed by atoms with Crippen molar-refractivity contribution < 1.29 is 0 Å². The number of nitrogens with one attached hydrogen (secondary N) is 1. The second kappa shape index (κ2) is 8.84. The normalized spacial score (nSPS) is 9.91. The largest absolute Gasteiger partial charge is 0.369 e. The van der Waals surface area contributed by atoms with E-state index in [1.165, 1.54) is 11.3 Å². The van der Waals surface area contributed by atoms with Crippen molar-refractivity contribution in [1.29, 1.82) is 0 Å². The number of guanidine groups is 1. The summed E-state index contributed by atoms with van der Waals surface area (Å²) in [6.45, 7) is 0. The lowest BCUT2D eigenvalue weighted by Crippen LogP contribution is -2.21. The summed E-state index contributed by atoms with van der Waals surface area (Å²) in [7, 11) is 0. The smallest absolute Gasteiger partial charge is 0.211 e. The van der Waals surface area contributed by atoms with Crippen LogP contribution in [0.1, 0.15) is 5.56 Å². The lowest BCUT2D eigenvalue weighted by molar-refractivity contribution is 1.21. The summed E-state index contributed by atoms with van der Waals surface area (Å²) >= 11 is 0. The van der Waals surface area contributed by atoms with Crippen LogP contribution in [0.5, 0.6) is 0 Å². The zero-order valence-electron chi connectivity index (χ0n) is 12.6. The van der Waals surface area contributed by atoms with E-state index in [9.17, 15) is 0 Å². The Bertz CT molecular complexity index is 728. The summed E-state index contributed by atoms with van der Waals surface area (Å²) < 4.78 is 0. The Kier molecular flexibility index (Phi) is 6.16. The van der Waals surface area contributed by atoms with Gasteiger partial charge >= 0.3 is 0 Å². The number of rotatable bonds is 3. The van der Waals surface area contributed by atoms with Gasteiger partial charge in [0.15, 0.2) is 0 Å². The molecular formula is C18H19N5. The maximum atomic E-state index is 5.07. The molecule has 0 amide bonds. The van der Waals surface area contributed by atoms with E-state index in [1.54, 1.807) is 6.21 Å². The van der Waals surface area contributed by atoms with E-state index in [0.29, 0.717) is 0 Å². The van der Waals surface area contributed by atoms with Gasteiger partial charge in [-0.25, -0.2) is 0 Å². The standard InChI is InChI=1S/C10H9N.C8H10N4/c1-2-5-9(6-3-1)10-7-4-8-11-10;9-8(10)12-11-6-7-4-2-1-3-5-7/h1-8,11H;1-6H,(H4,9,10,12). The molecule has 2 aromatic carbocycles. The van der Waals surface area contributed by atoms with Crippen molar-refractivity contribution in [3.05, 3.63) is 84.6 Å². The van der Waals surface area contributed by atoms with Gasteiger partial charge in [0.25, 0.3) is 0 Å². The first kappa shape index (κ1) is 16.0. The quantitative estimate of drug-likeness (QED) is 0.394. The van der Waals surface area contributed by atoms with Crippen LogP contribution >= 0.6 is 0 Å². The van der Waals surface area contributed by atoms with Crippen molar-refractivity contribution in [1.82, 2.24) is 4.98 Å². The van der Waals surface area contributed by atoms with Gasteiger partial charge in [-0.1, -0.05) is 60.7 Å². The monoisotopic (exact) mass is 305 g/mol. The minimum Gasteiger partial charge on any atom is -0.369 e. The van der Waals surface area contributed by atoms with Crippen LogP contribution in [0, 0.1) is 0 Å². The molecule has 0 aliphatic heterocycles. The Morgan fingerprint density at radius 3 is 2.04 bits per heavy atom. The molecule has 5 N–H and O–H groups in total. The molecule has 3 rings (SSSR count). The Morgan fingerprint density at radius 2 is 1.48 bits per heavy atom. The molecule has 116 valence electrons. The molecule has 5 nitrogen and oxygen atoms in total. The van der Waals surface area contributed by atoms with Crippen LogP contribution in [0.4, 0.5) is 0 Å². The number of hydrogen-bond donors (Lipinski definition) is 3. The maximum absolute atomic E-state index is 5.07. The molecule has 0 aliphatic rings. The number of nitrogens with two attached hydrogens (primary N) is 2. The van der Waals surface area contributed by atoms with Crippen LogP contribution in [-0.2, 0) is 0 Å². The average Bonchev–Trinajstić information content (AvgIpc) is 3.12. The minimum absolute atomic E-state index is 0.0396. The molecule has 0 aliphatic carbocycles. The van der Waals surface area contributed by atoms with Crippen molar-refractivity contribution >= 4 is 12.2 Å². The highest BCUT2D eigenvalue weighted by Gasteiger charge is 1.93. The minimum atomic E-state index is -0.0396. The molecule has 0 atom stereocenters. The summed E-state index contributed by atoms with van der Waals surface area (Å²) in [6, 6.07) is 23.9. The van der Waals surface area contributed by atoms with Crippen molar-refractivity contribution in [3.63, 3.8) is 0 Å². The molecule has 23 heavy (non-hydrogen) atoms. The highest BCUT2D eigenvalue weighted by molar-refractivity contribution is 5.81. The van der Waals surface area contributed by atoms with Crippen LogP contribution in [-0.4, -0.2) is 17.2 Å². The molecule has 1 aromatic heterocycles. The van der Waals surface area contributed by atoms with E-state index in [0.717, 1.165) is 5.56 Å². The highest BCUT2D eigenvalue weighted by atomic mass is 15.3. The number of hydrogen-bond acceptors (Lipinski definition) is 2. The van der Waals surface area contributed by atoms with Crippen molar-refractivity contribution in [2.75, 3.05) is 0 Å². The summed E-state index contributed by atoms with van der Waals surface area (Å²) in [5.41, 5.74) is 13.5. The van der Waals surface area contributed by atoms with Crippen molar-refractivity contribution in [2.45, 2.75) is 0 Å². The average molecular weight is 305 g/mol. The molecule has 0 unspecified atom stereocenters. The summed E-state index contributed by atoms with van der Waals surface area (Å²) in [5.74, 6) is -0.0396. The SMILES string of the molecule is NC(N)=NN=Cc1ccccc1.c1ccc(-c2ccc[nH]2)cc1. The zero-order chi connectivity index (χ0) is 16.3. The molecule has 3 aromatic rings. The van der Waals surface area contributed by atoms with Crippen LogP contribution in [0.15, 0.2) is 89.2 Å². The molecule has 0 fully saturated rings. The van der Waals surface area contributed by atoms with E-state index in [-0.39, 0.29) is 5.96 Å². The van der Waals surface area contributed by atoms with Crippen molar-refractivity contribution in [3.8, 4) is 11.3 Å². The Morgan fingerprint density at radius 1 is 0.826 bits per heavy atom. The number of aromatic nitrogens is 1. The summed E-state index contributed by atoms with van der Waals surface area (Å²) in [4.78, 5) is 3.15. The van der Waals surface area contributed by atoms with E-state index in [1.807, 2.05) is 60.8 Å². The fourth-order valence-electron chi connectivity index (χ4n) is 1.83. The third-order valence-electron chi connectivity index (χ3n) is 2.86. The van der Waals surface area contributed by atoms with Gasteiger partial charge in [-0.3, -0.25) is 0 Å². The van der Waals surface area contributed by atoms with Crippen LogP contribution < -0.4 is 11.5 Å². The Hall–Kier alpha value is -3.34. The Labute approximate surface area is 135 Å². The van der Waals surface area contributed by atoms with Gasteiger partial charge in [-0.15, -0.1) is 5.10 Å². The number of nitrogens with zero attached hydrogens (tertiary/aromatic N) is 2. The van der Waals surface area contributed by atoms with Gasteiger partial charge in [0.2, 0.25) is 5.96 Å². The number of benzene rings is 2. The second-order valence-corrected chi connectivity index (χ2v) is 4.63. The molecule has 0 spiro atoms. The van der Waals surface area contributed by atoms with E-state index in [2.05, 4.69) is 33.4 Å². The Balaban J connectivity index is 0.000000167. The van der Waals surface area contributed by atoms with E-state index >= 15 is 0 Å². The molecule has 0 saturated carbocycles. The lowest BCUT2D eigenvalue weighted by atomic mass is 10.2. The summed E-state index contributed by atoms with van der Waals surface area (Å²) in [6.07, 6.45) is 3.52. The highest BCUT2D eigenvalue weighted by Crippen LogP contribution is 2.14. The molecule has 5 heteroatoms. The first-order chi connectivity index (χ1) is 11.3. The first-order valence-corrected chi connectivity index (χ1v) is 7.11. The third-order valence-corrected chi connectivity index (χ3v) is 2.86. The molecule has 0 radical (unpaired) electrons. The fourth-order valence-corrected chi connectivity index (χ4v) is 1.83. The number of H-pyrrole nitrogens is 1. The van der Waals surface area contributed by atoms with Crippen LogP contribution in [0.3, 0.4) is 0 Å². The summed E-state index contributed by atoms with van der Waals surface area (Å²) in [5, 5.41) is 7.12. The van der Waals surface area contributed by atoms with Gasteiger partial charge in [-0.05, 0) is 23.3 Å². The second-order valence-electron chi connectivity index (χ2n) is 4.63. The van der Waals surface area contributed by atoms with Gasteiger partial charge < -0.3 is 16.5 Å². The molecule has 1 heterocycles. The third kappa shape index (κ3) is 5.89. The number of aromatic amines is 1. The zero-order valence-corrected chi connectivity index (χ0v) is 12.6. The van der Waals surface area contributed by atoms with Gasteiger partial charge in [0, 0.05) is 11.9 Å². The topological polar surface area (TPSA) is 92.6 Å². The predicted octanol–water partition coefficient (Wildman–Crippen LogP) is 2.98. The lowest BCUT2D eigenvalue weighted by Gasteiger charge is -1.94. The van der Waals surface area contributed by atoms with E-state index in [4.69, 9.17) is 11.5 Å². The van der Waals surface area contributed by atoms with Gasteiger partial charge in [-0.2, -0.15) is 5.10 Å². The molecule has 0 bridgehead atoms. The first-order valence-electron chi connectivity index (χ1n) is 7.11. The fraction of sp³-hybridized carbons (Fsp3) is 0. The molecular weight excluding hydrogens is 286 g/mol. The van der Waals surface area contributed by atoms with Crippen molar-refractivity contribution in [2.24, 2.45) is 21.7 Å². The van der Waals surface area contributed by atoms with Crippen LogP contribution in [0.25, 0.3) is 11.3 Å². The van der Waals surface area contributed by atoms with Crippen LogP contribution in [0.2, 0.25) is 0 Å². The van der Waals surface area contributed by atoms with Gasteiger partial charge in [0.05, 0.1) is 6.21 Å². The maximum Gasteiger partial charge on any atom is 0.211 e. The van der Waals surface area contributed by atoms with E-state index < -0.39 is 0 Å².